The standard InChI is InChI=1S/C13H24BrN/c1-2-15(9-12-5-3-6-12)11-13(10-14)7-4-8-13/h12H,2-11H2,1H3. The largest absolute Gasteiger partial charge is 0.303 e. The van der Waals surface area contributed by atoms with E-state index in [1.165, 1.54) is 63.5 Å². The van der Waals surface area contributed by atoms with Gasteiger partial charge in [-0.2, -0.15) is 0 Å². The molecule has 0 bridgehead atoms. The van der Waals surface area contributed by atoms with E-state index >= 15 is 0 Å². The van der Waals surface area contributed by atoms with E-state index in [0.29, 0.717) is 5.41 Å². The Morgan fingerprint density at radius 2 is 2.00 bits per heavy atom. The van der Waals surface area contributed by atoms with Crippen LogP contribution in [0.4, 0.5) is 0 Å². The first-order chi connectivity index (χ1) is 7.28. The molecule has 88 valence electrons. The molecule has 2 rings (SSSR count). The third-order valence-electron chi connectivity index (χ3n) is 4.45. The van der Waals surface area contributed by atoms with Gasteiger partial charge in [0.25, 0.3) is 0 Å². The smallest absolute Gasteiger partial charge is 0.0100 e. The first-order valence-electron chi connectivity index (χ1n) is 6.56. The fourth-order valence-corrected chi connectivity index (χ4v) is 3.57. The van der Waals surface area contributed by atoms with E-state index in [0.717, 1.165) is 5.92 Å². The van der Waals surface area contributed by atoms with Crippen LogP contribution >= 0.6 is 15.9 Å². The fraction of sp³-hybridized carbons (Fsp3) is 1.00. The van der Waals surface area contributed by atoms with Crippen molar-refractivity contribution in [2.75, 3.05) is 25.0 Å². The Morgan fingerprint density at radius 3 is 2.33 bits per heavy atom. The van der Waals surface area contributed by atoms with Gasteiger partial charge in [0.15, 0.2) is 0 Å². The van der Waals surface area contributed by atoms with E-state index in [1.807, 2.05) is 0 Å². The van der Waals surface area contributed by atoms with Crippen LogP contribution < -0.4 is 0 Å². The van der Waals surface area contributed by atoms with Gasteiger partial charge in [0.1, 0.15) is 0 Å². The third kappa shape index (κ3) is 2.76. The molecule has 0 aliphatic heterocycles. The highest BCUT2D eigenvalue weighted by Crippen LogP contribution is 2.43. The minimum absolute atomic E-state index is 0.639. The summed E-state index contributed by atoms with van der Waals surface area (Å²) in [5.74, 6) is 1.03. The van der Waals surface area contributed by atoms with Crippen molar-refractivity contribution in [3.63, 3.8) is 0 Å². The topological polar surface area (TPSA) is 3.24 Å². The van der Waals surface area contributed by atoms with E-state index in [-0.39, 0.29) is 0 Å². The maximum atomic E-state index is 3.71. The van der Waals surface area contributed by atoms with Crippen molar-refractivity contribution < 1.29 is 0 Å². The van der Waals surface area contributed by atoms with E-state index in [1.54, 1.807) is 0 Å². The van der Waals surface area contributed by atoms with Crippen molar-refractivity contribution >= 4 is 15.9 Å². The number of nitrogens with zero attached hydrogens (tertiary/aromatic N) is 1. The Balaban J connectivity index is 1.78. The molecule has 0 N–H and O–H groups in total. The van der Waals surface area contributed by atoms with Crippen LogP contribution in [0.3, 0.4) is 0 Å². The normalized spacial score (nSPS) is 25.0. The highest BCUT2D eigenvalue weighted by atomic mass is 79.9. The van der Waals surface area contributed by atoms with Crippen molar-refractivity contribution in [3.05, 3.63) is 0 Å². The zero-order valence-electron chi connectivity index (χ0n) is 9.97. The molecule has 2 aliphatic rings. The van der Waals surface area contributed by atoms with Crippen LogP contribution in [-0.2, 0) is 0 Å². The summed E-state index contributed by atoms with van der Waals surface area (Å²) in [5, 5.41) is 1.21. The number of hydrogen-bond donors (Lipinski definition) is 0. The number of alkyl halides is 1. The van der Waals surface area contributed by atoms with Gasteiger partial charge in [-0.25, -0.2) is 0 Å². The van der Waals surface area contributed by atoms with Gasteiger partial charge in [-0.3, -0.25) is 0 Å². The van der Waals surface area contributed by atoms with Crippen LogP contribution in [0.25, 0.3) is 0 Å². The molecule has 0 spiro atoms. The van der Waals surface area contributed by atoms with Crippen molar-refractivity contribution in [2.24, 2.45) is 11.3 Å². The van der Waals surface area contributed by atoms with Crippen molar-refractivity contribution in [3.8, 4) is 0 Å². The van der Waals surface area contributed by atoms with E-state index in [4.69, 9.17) is 0 Å². The zero-order valence-corrected chi connectivity index (χ0v) is 11.6. The van der Waals surface area contributed by atoms with Crippen LogP contribution in [0, 0.1) is 11.3 Å². The van der Waals surface area contributed by atoms with Gasteiger partial charge in [0, 0.05) is 18.4 Å². The Bertz CT molecular complexity index is 191. The highest BCUT2D eigenvalue weighted by molar-refractivity contribution is 9.09. The molecule has 0 radical (unpaired) electrons. The van der Waals surface area contributed by atoms with Gasteiger partial charge in [-0.15, -0.1) is 0 Å². The Labute approximate surface area is 103 Å². The first-order valence-corrected chi connectivity index (χ1v) is 7.68. The monoisotopic (exact) mass is 273 g/mol. The average Bonchev–Trinajstić information content (AvgIpc) is 2.13. The second-order valence-electron chi connectivity index (χ2n) is 5.61. The average molecular weight is 274 g/mol. The molecule has 2 saturated carbocycles. The van der Waals surface area contributed by atoms with Crippen LogP contribution in [0.15, 0.2) is 0 Å². The lowest BCUT2D eigenvalue weighted by atomic mass is 9.70. The van der Waals surface area contributed by atoms with E-state index in [9.17, 15) is 0 Å². The Kier molecular flexibility index (Phi) is 4.11. The summed E-state index contributed by atoms with van der Waals surface area (Å²) in [6.45, 7) is 6.26. The lowest BCUT2D eigenvalue weighted by molar-refractivity contribution is 0.0737. The molecule has 0 aromatic rings. The summed E-state index contributed by atoms with van der Waals surface area (Å²) in [6, 6.07) is 0. The van der Waals surface area contributed by atoms with E-state index in [2.05, 4.69) is 27.8 Å². The van der Waals surface area contributed by atoms with Gasteiger partial charge in [0.05, 0.1) is 0 Å². The number of halogens is 1. The molecule has 0 unspecified atom stereocenters. The van der Waals surface area contributed by atoms with Crippen molar-refractivity contribution in [2.45, 2.75) is 45.4 Å². The molecule has 1 nitrogen and oxygen atoms in total. The maximum Gasteiger partial charge on any atom is 0.0100 e. The van der Waals surface area contributed by atoms with Crippen LogP contribution in [-0.4, -0.2) is 29.9 Å². The summed E-state index contributed by atoms with van der Waals surface area (Å²) in [7, 11) is 0. The summed E-state index contributed by atoms with van der Waals surface area (Å²) in [5.41, 5.74) is 0.639. The molecule has 15 heavy (non-hydrogen) atoms. The predicted octanol–water partition coefficient (Wildman–Crippen LogP) is 3.67. The molecular formula is C13H24BrN. The SMILES string of the molecule is CCN(CC1CCC1)CC1(CBr)CCC1. The molecule has 0 amide bonds. The first kappa shape index (κ1) is 11.9. The minimum atomic E-state index is 0.639. The van der Waals surface area contributed by atoms with Gasteiger partial charge in [-0.1, -0.05) is 35.7 Å². The quantitative estimate of drug-likeness (QED) is 0.668. The molecule has 0 atom stereocenters. The summed E-state index contributed by atoms with van der Waals surface area (Å²) in [4.78, 5) is 2.70. The second-order valence-corrected chi connectivity index (χ2v) is 6.17. The summed E-state index contributed by atoms with van der Waals surface area (Å²) in [6.07, 6.45) is 8.78. The minimum Gasteiger partial charge on any atom is -0.303 e. The molecule has 0 saturated heterocycles. The third-order valence-corrected chi connectivity index (χ3v) is 5.63. The van der Waals surface area contributed by atoms with Crippen LogP contribution in [0.1, 0.15) is 45.4 Å². The lowest BCUT2D eigenvalue weighted by Crippen LogP contribution is -2.45. The van der Waals surface area contributed by atoms with E-state index < -0.39 is 0 Å². The molecule has 2 aliphatic carbocycles. The van der Waals surface area contributed by atoms with Gasteiger partial charge in [0.2, 0.25) is 0 Å². The van der Waals surface area contributed by atoms with Gasteiger partial charge < -0.3 is 4.90 Å². The molecule has 2 fully saturated rings. The Hall–Kier alpha value is 0.440. The second kappa shape index (κ2) is 5.18. The lowest BCUT2D eigenvalue weighted by Gasteiger charge is -2.45. The maximum absolute atomic E-state index is 3.71. The van der Waals surface area contributed by atoms with Crippen LogP contribution in [0.2, 0.25) is 0 Å². The summed E-state index contributed by atoms with van der Waals surface area (Å²) >= 11 is 3.71. The summed E-state index contributed by atoms with van der Waals surface area (Å²) < 4.78 is 0. The van der Waals surface area contributed by atoms with Crippen molar-refractivity contribution in [1.82, 2.24) is 4.90 Å². The van der Waals surface area contributed by atoms with Crippen molar-refractivity contribution in [1.29, 1.82) is 0 Å². The van der Waals surface area contributed by atoms with Crippen LogP contribution in [0.5, 0.6) is 0 Å². The van der Waals surface area contributed by atoms with Gasteiger partial charge in [-0.05, 0) is 43.6 Å². The zero-order chi connectivity index (χ0) is 10.7. The molecule has 0 aromatic heterocycles. The predicted molar refractivity (Wildman–Crippen MR) is 69.5 cm³/mol. The number of hydrogen-bond acceptors (Lipinski definition) is 1. The Morgan fingerprint density at radius 1 is 1.27 bits per heavy atom. The fourth-order valence-electron chi connectivity index (χ4n) is 2.83. The molecule has 2 heteroatoms. The molecule has 0 aromatic carbocycles. The number of rotatable bonds is 6. The highest BCUT2D eigenvalue weighted by Gasteiger charge is 2.37. The molecule has 0 heterocycles. The molecular weight excluding hydrogens is 250 g/mol. The van der Waals surface area contributed by atoms with Gasteiger partial charge >= 0.3 is 0 Å².